The normalized spacial score (nSPS) is 17.5. The molecule has 0 saturated carbocycles. The summed E-state index contributed by atoms with van der Waals surface area (Å²) in [5, 5.41) is 11.9. The summed E-state index contributed by atoms with van der Waals surface area (Å²) in [7, 11) is -1.06. The summed E-state index contributed by atoms with van der Waals surface area (Å²) in [6.07, 6.45) is 1.26. The first-order chi connectivity index (χ1) is 14.9. The van der Waals surface area contributed by atoms with E-state index < -0.39 is 9.84 Å². The summed E-state index contributed by atoms with van der Waals surface area (Å²) in [6.45, 7) is 0. The fraction of sp³-hybridized carbons (Fsp3) is 0.318. The Bertz CT molecular complexity index is 1160. The molecule has 9 heteroatoms. The number of hydrogen-bond donors (Lipinski definition) is 1. The van der Waals surface area contributed by atoms with Gasteiger partial charge >= 0.3 is 0 Å². The van der Waals surface area contributed by atoms with Crippen LogP contribution in [0.3, 0.4) is 0 Å². The van der Waals surface area contributed by atoms with Crippen LogP contribution in [0, 0.1) is 5.92 Å². The Morgan fingerprint density at radius 2 is 1.81 bits per heavy atom. The van der Waals surface area contributed by atoms with Crippen LogP contribution in [0.15, 0.2) is 59.8 Å². The van der Waals surface area contributed by atoms with Crippen molar-refractivity contribution in [2.45, 2.75) is 18.0 Å². The number of nitrogens with one attached hydrogen (secondary N) is 1. The quantitative estimate of drug-likeness (QED) is 0.549. The first-order valence-corrected chi connectivity index (χ1v) is 12.9. The second-order valence-corrected chi connectivity index (χ2v) is 10.9. The third-order valence-electron chi connectivity index (χ3n) is 5.33. The average molecular weight is 457 g/mol. The van der Waals surface area contributed by atoms with Gasteiger partial charge in [-0.15, -0.1) is 10.2 Å². The lowest BCUT2D eigenvalue weighted by Crippen LogP contribution is -2.14. The Hall–Kier alpha value is -2.65. The van der Waals surface area contributed by atoms with E-state index in [4.69, 9.17) is 0 Å². The fourth-order valence-corrected chi connectivity index (χ4v) is 6.24. The molecule has 1 atom stereocenters. The molecule has 1 aliphatic rings. The van der Waals surface area contributed by atoms with Gasteiger partial charge in [-0.05, 0) is 35.6 Å². The van der Waals surface area contributed by atoms with Crippen LogP contribution in [0.25, 0.3) is 11.1 Å². The number of amides is 1. The minimum absolute atomic E-state index is 0.0907. The molecule has 7 nitrogen and oxygen atoms in total. The number of thioether (sulfide) groups is 1. The van der Waals surface area contributed by atoms with Gasteiger partial charge in [-0.25, -0.2) is 8.42 Å². The molecule has 2 aromatic carbocycles. The van der Waals surface area contributed by atoms with Gasteiger partial charge in [0.25, 0.3) is 0 Å². The minimum Gasteiger partial charge on any atom is -0.325 e. The second-order valence-electron chi connectivity index (χ2n) is 7.71. The number of carbonyl (C=O) groups is 1. The van der Waals surface area contributed by atoms with Crippen LogP contribution < -0.4 is 5.32 Å². The van der Waals surface area contributed by atoms with Crippen molar-refractivity contribution in [1.82, 2.24) is 14.8 Å². The molecule has 162 valence electrons. The Labute approximate surface area is 186 Å². The SMILES string of the molecule is Cn1c(C[C@@H]2CCS(=O)(=O)C2)nnc1SCC(=O)Nc1ccc(-c2ccccc2)cc1. The van der Waals surface area contributed by atoms with Gasteiger partial charge in [-0.3, -0.25) is 4.79 Å². The van der Waals surface area contributed by atoms with Crippen molar-refractivity contribution in [2.24, 2.45) is 13.0 Å². The predicted octanol–water partition coefficient (Wildman–Crippen LogP) is 3.19. The Balaban J connectivity index is 1.29. The van der Waals surface area contributed by atoms with Gasteiger partial charge in [0.05, 0.1) is 17.3 Å². The molecule has 1 saturated heterocycles. The Morgan fingerprint density at radius 1 is 1.10 bits per heavy atom. The lowest BCUT2D eigenvalue weighted by molar-refractivity contribution is -0.113. The lowest BCUT2D eigenvalue weighted by atomic mass is 10.1. The largest absolute Gasteiger partial charge is 0.325 e. The van der Waals surface area contributed by atoms with E-state index in [9.17, 15) is 13.2 Å². The number of nitrogens with zero attached hydrogens (tertiary/aromatic N) is 3. The standard InChI is InChI=1S/C22H24N4O3S2/c1-26-20(13-16-11-12-31(28,29)15-16)24-25-22(26)30-14-21(27)23-19-9-7-18(8-10-19)17-5-3-2-4-6-17/h2-10,16H,11-15H2,1H3,(H,23,27)/t16-/m0/s1. The van der Waals surface area contributed by atoms with Gasteiger partial charge in [0.15, 0.2) is 15.0 Å². The van der Waals surface area contributed by atoms with E-state index in [1.807, 2.05) is 66.2 Å². The molecule has 1 aromatic heterocycles. The Kier molecular flexibility index (Phi) is 6.43. The van der Waals surface area contributed by atoms with Crippen LogP contribution in [0.2, 0.25) is 0 Å². The van der Waals surface area contributed by atoms with Gasteiger partial charge in [-0.1, -0.05) is 54.2 Å². The molecule has 4 rings (SSSR count). The molecule has 1 aliphatic heterocycles. The first kappa shape index (κ1) is 21.6. The van der Waals surface area contributed by atoms with Crippen LogP contribution in [-0.2, 0) is 28.1 Å². The lowest BCUT2D eigenvalue weighted by Gasteiger charge is -2.08. The average Bonchev–Trinajstić information content (AvgIpc) is 3.29. The van der Waals surface area contributed by atoms with Gasteiger partial charge in [0.2, 0.25) is 5.91 Å². The molecule has 1 N–H and O–H groups in total. The van der Waals surface area contributed by atoms with Crippen LogP contribution in [0.5, 0.6) is 0 Å². The molecular formula is C22H24N4O3S2. The van der Waals surface area contributed by atoms with Crippen LogP contribution >= 0.6 is 11.8 Å². The number of rotatable bonds is 7. The number of anilines is 1. The molecule has 3 aromatic rings. The highest BCUT2D eigenvalue weighted by Crippen LogP contribution is 2.24. The molecule has 0 radical (unpaired) electrons. The summed E-state index contributed by atoms with van der Waals surface area (Å²) < 4.78 is 25.1. The zero-order valence-corrected chi connectivity index (χ0v) is 18.8. The number of aromatic nitrogens is 3. The highest BCUT2D eigenvalue weighted by Gasteiger charge is 2.29. The van der Waals surface area contributed by atoms with Crippen molar-refractivity contribution in [3.8, 4) is 11.1 Å². The highest BCUT2D eigenvalue weighted by atomic mass is 32.2. The first-order valence-electron chi connectivity index (χ1n) is 10.1. The van der Waals surface area contributed by atoms with E-state index in [1.54, 1.807) is 0 Å². The third-order valence-corrected chi connectivity index (χ3v) is 8.19. The molecular weight excluding hydrogens is 432 g/mol. The summed E-state index contributed by atoms with van der Waals surface area (Å²) in [6, 6.07) is 17.8. The summed E-state index contributed by atoms with van der Waals surface area (Å²) >= 11 is 1.31. The summed E-state index contributed by atoms with van der Waals surface area (Å²) in [5.74, 6) is 1.40. The molecule has 0 bridgehead atoms. The maximum Gasteiger partial charge on any atom is 0.234 e. The Morgan fingerprint density at radius 3 is 2.48 bits per heavy atom. The van der Waals surface area contributed by atoms with Crippen LogP contribution in [0.4, 0.5) is 5.69 Å². The van der Waals surface area contributed by atoms with E-state index in [0.717, 1.165) is 22.6 Å². The summed E-state index contributed by atoms with van der Waals surface area (Å²) in [4.78, 5) is 12.4. The maximum absolute atomic E-state index is 12.4. The molecule has 0 spiro atoms. The molecule has 31 heavy (non-hydrogen) atoms. The van der Waals surface area contributed by atoms with Gasteiger partial charge < -0.3 is 9.88 Å². The highest BCUT2D eigenvalue weighted by molar-refractivity contribution is 7.99. The van der Waals surface area contributed by atoms with Gasteiger partial charge in [-0.2, -0.15) is 0 Å². The summed E-state index contributed by atoms with van der Waals surface area (Å²) in [5.41, 5.74) is 2.96. The van der Waals surface area contributed by atoms with Crippen molar-refractivity contribution >= 4 is 33.2 Å². The zero-order valence-electron chi connectivity index (χ0n) is 17.2. The monoisotopic (exact) mass is 456 g/mol. The smallest absolute Gasteiger partial charge is 0.234 e. The molecule has 0 unspecified atom stereocenters. The number of carbonyl (C=O) groups excluding carboxylic acids is 1. The van der Waals surface area contributed by atoms with Crippen molar-refractivity contribution in [3.05, 3.63) is 60.4 Å². The van der Waals surface area contributed by atoms with Gasteiger partial charge in [0, 0.05) is 19.2 Å². The van der Waals surface area contributed by atoms with E-state index in [0.29, 0.717) is 18.0 Å². The predicted molar refractivity (Wildman–Crippen MR) is 123 cm³/mol. The van der Waals surface area contributed by atoms with Gasteiger partial charge in [0.1, 0.15) is 5.82 Å². The van der Waals surface area contributed by atoms with Crippen molar-refractivity contribution in [2.75, 3.05) is 22.6 Å². The second kappa shape index (κ2) is 9.23. The third kappa shape index (κ3) is 5.54. The zero-order chi connectivity index (χ0) is 21.8. The molecule has 1 fully saturated rings. The van der Waals surface area contributed by atoms with Crippen LogP contribution in [-0.4, -0.2) is 46.3 Å². The van der Waals surface area contributed by atoms with Crippen LogP contribution in [0.1, 0.15) is 12.2 Å². The van der Waals surface area contributed by atoms with E-state index in [1.165, 1.54) is 11.8 Å². The minimum atomic E-state index is -2.91. The number of benzene rings is 2. The van der Waals surface area contributed by atoms with E-state index >= 15 is 0 Å². The van der Waals surface area contributed by atoms with Crippen molar-refractivity contribution in [3.63, 3.8) is 0 Å². The van der Waals surface area contributed by atoms with E-state index in [-0.39, 0.29) is 29.1 Å². The van der Waals surface area contributed by atoms with Crippen molar-refractivity contribution < 1.29 is 13.2 Å². The molecule has 1 amide bonds. The fourth-order valence-electron chi connectivity index (χ4n) is 3.64. The van der Waals surface area contributed by atoms with E-state index in [2.05, 4.69) is 15.5 Å². The topological polar surface area (TPSA) is 93.9 Å². The number of hydrogen-bond acceptors (Lipinski definition) is 6. The molecule has 0 aliphatic carbocycles. The maximum atomic E-state index is 12.4. The van der Waals surface area contributed by atoms with Crippen molar-refractivity contribution in [1.29, 1.82) is 0 Å². The number of sulfone groups is 1. The molecule has 2 heterocycles.